The maximum Gasteiger partial charge on any atom is 0.241 e. The molecule has 1 heterocycles. The second-order valence-corrected chi connectivity index (χ2v) is 9.20. The maximum absolute atomic E-state index is 12.6. The van der Waals surface area contributed by atoms with Crippen LogP contribution in [0.15, 0.2) is 11.0 Å². The topological polar surface area (TPSA) is 58.2 Å². The fourth-order valence-corrected chi connectivity index (χ4v) is 6.64. The number of nitrogens with one attached hydrogen (secondary N) is 2. The van der Waals surface area contributed by atoms with Gasteiger partial charge in [0.25, 0.3) is 0 Å². The maximum atomic E-state index is 12.6. The molecule has 0 saturated heterocycles. The summed E-state index contributed by atoms with van der Waals surface area (Å²) in [5.41, 5.74) is 0. The van der Waals surface area contributed by atoms with Crippen molar-refractivity contribution in [3.05, 3.63) is 15.8 Å². The van der Waals surface area contributed by atoms with Crippen LogP contribution in [0.4, 0.5) is 0 Å². The van der Waals surface area contributed by atoms with Crippen LogP contribution in [0, 0.1) is 6.92 Å². The van der Waals surface area contributed by atoms with Gasteiger partial charge in [0, 0.05) is 27.6 Å². The summed E-state index contributed by atoms with van der Waals surface area (Å²) in [5, 5.41) is 3.46. The summed E-state index contributed by atoms with van der Waals surface area (Å²) in [6.07, 6.45) is 5.20. The third kappa shape index (κ3) is 3.57. The summed E-state index contributed by atoms with van der Waals surface area (Å²) < 4.78 is 28.0. The van der Waals surface area contributed by atoms with Crippen molar-refractivity contribution < 1.29 is 8.42 Å². The highest BCUT2D eigenvalue weighted by Crippen LogP contribution is 2.31. The molecule has 20 heavy (non-hydrogen) atoms. The second-order valence-electron chi connectivity index (χ2n) is 5.10. The molecule has 0 radical (unpaired) electrons. The highest BCUT2D eigenvalue weighted by atomic mass is 32.2. The monoisotopic (exact) mass is 334 g/mol. The molecular weight excluding hydrogens is 312 g/mol. The minimum atomic E-state index is -3.40. The van der Waals surface area contributed by atoms with Gasteiger partial charge in [0.2, 0.25) is 10.0 Å². The van der Waals surface area contributed by atoms with Crippen LogP contribution in [-0.4, -0.2) is 33.0 Å². The van der Waals surface area contributed by atoms with Gasteiger partial charge in [0.15, 0.2) is 0 Å². The van der Waals surface area contributed by atoms with Gasteiger partial charge < -0.3 is 5.32 Å². The average Bonchev–Trinajstić information content (AvgIpc) is 2.96. The van der Waals surface area contributed by atoms with Crippen molar-refractivity contribution in [2.45, 2.75) is 48.9 Å². The van der Waals surface area contributed by atoms with Gasteiger partial charge in [0.1, 0.15) is 0 Å². The van der Waals surface area contributed by atoms with Gasteiger partial charge in [-0.1, -0.05) is 6.42 Å². The van der Waals surface area contributed by atoms with Crippen molar-refractivity contribution in [2.75, 3.05) is 13.3 Å². The number of thiophene rings is 1. The van der Waals surface area contributed by atoms with Crippen LogP contribution in [-0.2, 0) is 16.6 Å². The molecule has 0 bridgehead atoms. The van der Waals surface area contributed by atoms with Crippen LogP contribution in [0.5, 0.6) is 0 Å². The molecule has 1 aromatic rings. The Morgan fingerprint density at radius 2 is 2.20 bits per heavy atom. The first-order valence-electron chi connectivity index (χ1n) is 6.77. The number of hydrogen-bond donors (Lipinski definition) is 2. The Kier molecular flexibility index (Phi) is 5.53. The minimum Gasteiger partial charge on any atom is -0.315 e. The highest BCUT2D eigenvalue weighted by molar-refractivity contribution is 7.99. The molecule has 1 fully saturated rings. The Bertz CT molecular complexity index is 554. The lowest BCUT2D eigenvalue weighted by Crippen LogP contribution is -2.38. The summed E-state index contributed by atoms with van der Waals surface area (Å²) in [5.74, 6) is 0. The molecule has 1 aliphatic rings. The van der Waals surface area contributed by atoms with Crippen LogP contribution in [0.1, 0.15) is 29.0 Å². The first-order chi connectivity index (χ1) is 9.47. The predicted octanol–water partition coefficient (Wildman–Crippen LogP) is 2.34. The summed E-state index contributed by atoms with van der Waals surface area (Å²) in [6, 6.07) is 1.86. The third-order valence-corrected chi connectivity index (χ3v) is 7.59. The lowest BCUT2D eigenvalue weighted by molar-refractivity contribution is 0.555. The summed E-state index contributed by atoms with van der Waals surface area (Å²) >= 11 is 3.30. The normalized spacial score (nSPS) is 23.4. The Labute approximate surface area is 129 Å². The first-order valence-corrected chi connectivity index (χ1v) is 10.4. The second kappa shape index (κ2) is 6.79. The van der Waals surface area contributed by atoms with E-state index in [1.54, 1.807) is 29.2 Å². The standard InChI is InChI=1S/C13H22N2O2S3/c1-9-13(7-10(19-9)8-14-2)20(16,17)15-11-5-4-6-12(11)18-3/h7,11-12,14-15H,4-6,8H2,1-3H3. The summed E-state index contributed by atoms with van der Waals surface area (Å²) in [4.78, 5) is 2.36. The molecule has 1 saturated carbocycles. The van der Waals surface area contributed by atoms with Gasteiger partial charge in [-0.25, -0.2) is 13.1 Å². The molecule has 4 nitrogen and oxygen atoms in total. The van der Waals surface area contributed by atoms with Crippen LogP contribution in [0.25, 0.3) is 0 Å². The van der Waals surface area contributed by atoms with Crippen molar-refractivity contribution in [1.82, 2.24) is 10.0 Å². The van der Waals surface area contributed by atoms with E-state index in [2.05, 4.69) is 16.3 Å². The summed E-state index contributed by atoms with van der Waals surface area (Å²) in [6.45, 7) is 2.58. The Hall–Kier alpha value is -0.0800. The lowest BCUT2D eigenvalue weighted by atomic mass is 10.3. The zero-order valence-electron chi connectivity index (χ0n) is 12.1. The molecule has 0 amide bonds. The molecule has 1 aliphatic carbocycles. The van der Waals surface area contributed by atoms with Gasteiger partial charge in [-0.2, -0.15) is 11.8 Å². The highest BCUT2D eigenvalue weighted by Gasteiger charge is 2.31. The zero-order chi connectivity index (χ0) is 14.8. The van der Waals surface area contributed by atoms with E-state index in [0.29, 0.717) is 16.7 Å². The van der Waals surface area contributed by atoms with E-state index in [1.807, 2.05) is 14.0 Å². The zero-order valence-corrected chi connectivity index (χ0v) is 14.6. The van der Waals surface area contributed by atoms with E-state index in [1.165, 1.54) is 0 Å². The molecule has 114 valence electrons. The number of rotatable bonds is 6. The predicted molar refractivity (Wildman–Crippen MR) is 87.1 cm³/mol. The quantitative estimate of drug-likeness (QED) is 0.838. The number of aryl methyl sites for hydroxylation is 1. The molecule has 0 aromatic carbocycles. The van der Waals surface area contributed by atoms with E-state index < -0.39 is 10.0 Å². The molecule has 0 spiro atoms. The molecule has 2 atom stereocenters. The van der Waals surface area contributed by atoms with Gasteiger partial charge in [-0.3, -0.25) is 0 Å². The first kappa shape index (κ1) is 16.3. The lowest BCUT2D eigenvalue weighted by Gasteiger charge is -2.19. The minimum absolute atomic E-state index is 0.0713. The van der Waals surface area contributed by atoms with Crippen molar-refractivity contribution in [3.63, 3.8) is 0 Å². The van der Waals surface area contributed by atoms with Crippen molar-refractivity contribution in [2.24, 2.45) is 0 Å². The molecule has 1 aromatic heterocycles. The molecule has 2 rings (SSSR count). The van der Waals surface area contributed by atoms with Crippen molar-refractivity contribution >= 4 is 33.1 Å². The smallest absolute Gasteiger partial charge is 0.241 e. The SMILES string of the molecule is CNCc1cc(S(=O)(=O)NC2CCCC2SC)c(C)s1. The number of thioether (sulfide) groups is 1. The fraction of sp³-hybridized carbons (Fsp3) is 0.692. The number of sulfonamides is 1. The molecular formula is C13H22N2O2S3. The van der Waals surface area contributed by atoms with E-state index in [-0.39, 0.29) is 6.04 Å². The van der Waals surface area contributed by atoms with Crippen LogP contribution >= 0.6 is 23.1 Å². The van der Waals surface area contributed by atoms with Crippen LogP contribution < -0.4 is 10.0 Å². The van der Waals surface area contributed by atoms with E-state index >= 15 is 0 Å². The number of hydrogen-bond acceptors (Lipinski definition) is 5. The largest absolute Gasteiger partial charge is 0.315 e. The van der Waals surface area contributed by atoms with Crippen LogP contribution in [0.3, 0.4) is 0 Å². The average molecular weight is 335 g/mol. The van der Waals surface area contributed by atoms with E-state index in [4.69, 9.17) is 0 Å². The van der Waals surface area contributed by atoms with Crippen molar-refractivity contribution in [1.29, 1.82) is 0 Å². The van der Waals surface area contributed by atoms with Gasteiger partial charge in [0.05, 0.1) is 4.90 Å². The molecule has 0 aliphatic heterocycles. The van der Waals surface area contributed by atoms with Gasteiger partial charge in [-0.15, -0.1) is 11.3 Å². The van der Waals surface area contributed by atoms with E-state index in [9.17, 15) is 8.42 Å². The Morgan fingerprint density at radius 3 is 2.85 bits per heavy atom. The fourth-order valence-electron chi connectivity index (χ4n) is 2.66. The Morgan fingerprint density at radius 1 is 1.45 bits per heavy atom. The Balaban J connectivity index is 2.17. The molecule has 7 heteroatoms. The van der Waals surface area contributed by atoms with Crippen molar-refractivity contribution in [3.8, 4) is 0 Å². The summed E-state index contributed by atoms with van der Waals surface area (Å²) in [7, 11) is -1.53. The van der Waals surface area contributed by atoms with Gasteiger partial charge in [-0.05, 0) is 39.1 Å². The third-order valence-electron chi connectivity index (χ3n) is 3.63. The van der Waals surface area contributed by atoms with Crippen LogP contribution in [0.2, 0.25) is 0 Å². The van der Waals surface area contributed by atoms with E-state index in [0.717, 1.165) is 29.0 Å². The molecule has 2 unspecified atom stereocenters. The molecule has 2 N–H and O–H groups in total. The van der Waals surface area contributed by atoms with Gasteiger partial charge >= 0.3 is 0 Å².